The van der Waals surface area contributed by atoms with Crippen LogP contribution in [-0.2, 0) is 0 Å². The van der Waals surface area contributed by atoms with Gasteiger partial charge in [-0.3, -0.25) is 9.59 Å². The number of nitrogens with one attached hydrogen (secondary N) is 2. The summed E-state index contributed by atoms with van der Waals surface area (Å²) in [6.07, 6.45) is 1.58. The zero-order chi connectivity index (χ0) is 18.5. The lowest BCUT2D eigenvalue weighted by atomic mass is 10.1. The molecule has 0 aliphatic rings. The number of hydrogen-bond acceptors (Lipinski definition) is 3. The molecule has 0 aliphatic carbocycles. The zero-order valence-electron chi connectivity index (χ0n) is 14.0. The highest BCUT2D eigenvalue weighted by atomic mass is 19.1. The van der Waals surface area contributed by atoms with E-state index in [-0.39, 0.29) is 17.6 Å². The van der Waals surface area contributed by atoms with Crippen LogP contribution in [0.25, 0.3) is 0 Å². The molecule has 1 aromatic heterocycles. The first-order valence-corrected chi connectivity index (χ1v) is 7.93. The molecule has 0 bridgehead atoms. The molecule has 2 amide bonds. The smallest absolute Gasteiger partial charge is 0.256 e. The normalized spacial score (nSPS) is 10.2. The van der Waals surface area contributed by atoms with E-state index >= 15 is 0 Å². The summed E-state index contributed by atoms with van der Waals surface area (Å²) in [5, 5.41) is 5.39. The van der Waals surface area contributed by atoms with Gasteiger partial charge in [-0.05, 0) is 61.0 Å². The molecule has 2 aromatic carbocycles. The average Bonchev–Trinajstić information content (AvgIpc) is 2.65. The number of carbonyl (C=O) groups excluding carboxylic acids is 2. The van der Waals surface area contributed by atoms with Crippen molar-refractivity contribution in [1.29, 1.82) is 0 Å². The van der Waals surface area contributed by atoms with Crippen molar-refractivity contribution < 1.29 is 14.0 Å². The number of benzene rings is 2. The summed E-state index contributed by atoms with van der Waals surface area (Å²) < 4.78 is 13.3. The van der Waals surface area contributed by atoms with Gasteiger partial charge in [-0.2, -0.15) is 0 Å². The quantitative estimate of drug-likeness (QED) is 0.747. The number of rotatable bonds is 4. The maximum absolute atomic E-state index is 13.3. The second-order valence-corrected chi connectivity index (χ2v) is 5.67. The number of hydrogen-bond donors (Lipinski definition) is 2. The van der Waals surface area contributed by atoms with Crippen molar-refractivity contribution >= 4 is 23.3 Å². The van der Waals surface area contributed by atoms with Gasteiger partial charge in [0.1, 0.15) is 11.6 Å². The predicted octanol–water partition coefficient (Wildman–Crippen LogP) is 4.03. The molecule has 26 heavy (non-hydrogen) atoms. The van der Waals surface area contributed by atoms with Crippen molar-refractivity contribution in [3.63, 3.8) is 0 Å². The van der Waals surface area contributed by atoms with Crippen LogP contribution < -0.4 is 10.6 Å². The van der Waals surface area contributed by atoms with E-state index in [1.165, 1.54) is 18.2 Å². The van der Waals surface area contributed by atoms with Gasteiger partial charge in [-0.15, -0.1) is 0 Å². The van der Waals surface area contributed by atoms with Crippen molar-refractivity contribution in [2.45, 2.75) is 6.92 Å². The predicted molar refractivity (Wildman–Crippen MR) is 97.7 cm³/mol. The van der Waals surface area contributed by atoms with Crippen LogP contribution in [0.1, 0.15) is 26.3 Å². The Morgan fingerprint density at radius 2 is 1.65 bits per heavy atom. The van der Waals surface area contributed by atoms with E-state index in [4.69, 9.17) is 0 Å². The van der Waals surface area contributed by atoms with E-state index in [0.29, 0.717) is 28.2 Å². The molecule has 0 aliphatic heterocycles. The Morgan fingerprint density at radius 1 is 0.885 bits per heavy atom. The molecule has 0 radical (unpaired) electrons. The molecular formula is C20H16FN3O2. The van der Waals surface area contributed by atoms with Crippen LogP contribution >= 0.6 is 0 Å². The first-order valence-electron chi connectivity index (χ1n) is 7.93. The maximum atomic E-state index is 13.3. The first kappa shape index (κ1) is 17.3. The fraction of sp³-hybridized carbons (Fsp3) is 0.0500. The van der Waals surface area contributed by atoms with Crippen LogP contribution in [0.5, 0.6) is 0 Å². The van der Waals surface area contributed by atoms with E-state index in [2.05, 4.69) is 15.6 Å². The number of pyridine rings is 1. The minimum absolute atomic E-state index is 0.336. The lowest BCUT2D eigenvalue weighted by molar-refractivity contribution is 0.101. The molecule has 0 unspecified atom stereocenters. The van der Waals surface area contributed by atoms with E-state index in [1.54, 1.807) is 55.6 Å². The number of aryl methyl sites for hydroxylation is 1. The summed E-state index contributed by atoms with van der Waals surface area (Å²) in [5.41, 5.74) is 1.57. The molecule has 130 valence electrons. The van der Waals surface area contributed by atoms with Crippen molar-refractivity contribution in [1.82, 2.24) is 4.98 Å². The number of carbonyl (C=O) groups is 2. The summed E-state index contributed by atoms with van der Waals surface area (Å²) >= 11 is 0. The second kappa shape index (κ2) is 7.57. The molecule has 0 saturated heterocycles. The third kappa shape index (κ3) is 4.10. The van der Waals surface area contributed by atoms with Crippen molar-refractivity contribution in [3.8, 4) is 0 Å². The molecule has 3 rings (SSSR count). The molecule has 3 aromatic rings. The fourth-order valence-corrected chi connectivity index (χ4v) is 2.35. The largest absolute Gasteiger partial charge is 0.322 e. The van der Waals surface area contributed by atoms with Gasteiger partial charge >= 0.3 is 0 Å². The van der Waals surface area contributed by atoms with E-state index in [9.17, 15) is 14.0 Å². The average molecular weight is 349 g/mol. The van der Waals surface area contributed by atoms with Gasteiger partial charge in [-0.25, -0.2) is 9.37 Å². The second-order valence-electron chi connectivity index (χ2n) is 5.67. The molecule has 1 heterocycles. The third-order valence-electron chi connectivity index (χ3n) is 3.71. The van der Waals surface area contributed by atoms with Crippen LogP contribution in [0.2, 0.25) is 0 Å². The Kier molecular flexibility index (Phi) is 5.03. The van der Waals surface area contributed by atoms with Crippen LogP contribution in [0.3, 0.4) is 0 Å². The lowest BCUT2D eigenvalue weighted by Gasteiger charge is -2.09. The van der Waals surface area contributed by atoms with E-state index < -0.39 is 0 Å². The highest BCUT2D eigenvalue weighted by Gasteiger charge is 2.11. The summed E-state index contributed by atoms with van der Waals surface area (Å²) in [6.45, 7) is 1.59. The van der Waals surface area contributed by atoms with Crippen LogP contribution in [0.15, 0.2) is 66.9 Å². The van der Waals surface area contributed by atoms with Crippen molar-refractivity contribution in [3.05, 3.63) is 89.4 Å². The molecule has 0 atom stereocenters. The summed E-state index contributed by atoms with van der Waals surface area (Å²) in [5.74, 6) is -0.642. The standard InChI is InChI=1S/C20H16FN3O2/c1-13-11-15(8-9-17(13)21)19(25)23-16-6-4-5-14(12-16)20(26)24-18-7-2-3-10-22-18/h2-12H,1H3,(H,23,25)(H,22,24,26). The number of anilines is 2. The molecule has 6 heteroatoms. The van der Waals surface area contributed by atoms with Crippen molar-refractivity contribution in [2.24, 2.45) is 0 Å². The van der Waals surface area contributed by atoms with Crippen LogP contribution in [0.4, 0.5) is 15.9 Å². The Hall–Kier alpha value is -3.54. The van der Waals surface area contributed by atoms with Crippen LogP contribution in [0, 0.1) is 12.7 Å². The summed E-state index contributed by atoms with van der Waals surface area (Å²) in [6, 6.07) is 15.9. The highest BCUT2D eigenvalue weighted by molar-refractivity contribution is 6.07. The van der Waals surface area contributed by atoms with Crippen molar-refractivity contribution in [2.75, 3.05) is 10.6 Å². The van der Waals surface area contributed by atoms with Gasteiger partial charge in [0.05, 0.1) is 0 Å². The number of aromatic nitrogens is 1. The van der Waals surface area contributed by atoms with Gasteiger partial charge in [-0.1, -0.05) is 12.1 Å². The fourth-order valence-electron chi connectivity index (χ4n) is 2.35. The Balaban J connectivity index is 1.73. The molecular weight excluding hydrogens is 333 g/mol. The highest BCUT2D eigenvalue weighted by Crippen LogP contribution is 2.15. The molecule has 0 spiro atoms. The van der Waals surface area contributed by atoms with E-state index in [0.717, 1.165) is 0 Å². The molecule has 0 fully saturated rings. The topological polar surface area (TPSA) is 71.1 Å². The van der Waals surface area contributed by atoms with Crippen LogP contribution in [-0.4, -0.2) is 16.8 Å². The third-order valence-corrected chi connectivity index (χ3v) is 3.71. The Labute approximate surface area is 149 Å². The minimum Gasteiger partial charge on any atom is -0.322 e. The summed E-state index contributed by atoms with van der Waals surface area (Å²) in [7, 11) is 0. The molecule has 0 saturated carbocycles. The first-order chi connectivity index (χ1) is 12.5. The van der Waals surface area contributed by atoms with Gasteiger partial charge in [0.2, 0.25) is 0 Å². The number of halogens is 1. The minimum atomic E-state index is -0.379. The van der Waals surface area contributed by atoms with Gasteiger partial charge in [0, 0.05) is 23.0 Å². The summed E-state index contributed by atoms with van der Waals surface area (Å²) in [4.78, 5) is 28.6. The van der Waals surface area contributed by atoms with Gasteiger partial charge in [0.15, 0.2) is 0 Å². The Bertz CT molecular complexity index is 958. The monoisotopic (exact) mass is 349 g/mol. The molecule has 5 nitrogen and oxygen atoms in total. The van der Waals surface area contributed by atoms with Gasteiger partial charge in [0.25, 0.3) is 11.8 Å². The Morgan fingerprint density at radius 3 is 2.38 bits per heavy atom. The maximum Gasteiger partial charge on any atom is 0.256 e. The lowest BCUT2D eigenvalue weighted by Crippen LogP contribution is -2.15. The van der Waals surface area contributed by atoms with E-state index in [1.807, 2.05) is 0 Å². The molecule has 2 N–H and O–H groups in total. The zero-order valence-corrected chi connectivity index (χ0v) is 14.0. The number of amides is 2. The van der Waals surface area contributed by atoms with Gasteiger partial charge < -0.3 is 10.6 Å². The number of nitrogens with zero attached hydrogens (tertiary/aromatic N) is 1. The SMILES string of the molecule is Cc1cc(C(=O)Nc2cccc(C(=O)Nc3ccccn3)c2)ccc1F.